The molecule has 1 aromatic heterocycles. The molecule has 132 valence electrons. The molecule has 3 rings (SSSR count). The summed E-state index contributed by atoms with van der Waals surface area (Å²) in [5, 5.41) is 12.5. The second kappa shape index (κ2) is 7.50. The normalized spacial score (nSPS) is 15.7. The second-order valence-corrected chi connectivity index (χ2v) is 6.80. The van der Waals surface area contributed by atoms with Gasteiger partial charge in [-0.25, -0.2) is 0 Å². The van der Waals surface area contributed by atoms with E-state index in [4.69, 9.17) is 4.42 Å². The summed E-state index contributed by atoms with van der Waals surface area (Å²) in [5.74, 6) is 0.0930. The van der Waals surface area contributed by atoms with Crippen molar-refractivity contribution < 1.29 is 14.0 Å². The van der Waals surface area contributed by atoms with Crippen LogP contribution in [-0.2, 0) is 16.1 Å². The summed E-state index contributed by atoms with van der Waals surface area (Å²) < 4.78 is 5.17. The molecule has 0 saturated carbocycles. The van der Waals surface area contributed by atoms with E-state index in [0.29, 0.717) is 16.5 Å². The van der Waals surface area contributed by atoms with Crippen molar-refractivity contribution in [2.45, 2.75) is 20.4 Å². The lowest BCUT2D eigenvalue weighted by Crippen LogP contribution is -2.29. The van der Waals surface area contributed by atoms with Gasteiger partial charge in [0.05, 0.1) is 18.6 Å². The van der Waals surface area contributed by atoms with Crippen LogP contribution in [0.5, 0.6) is 0 Å². The van der Waals surface area contributed by atoms with Crippen molar-refractivity contribution in [2.75, 3.05) is 10.7 Å². The highest BCUT2D eigenvalue weighted by Crippen LogP contribution is 2.36. The maximum Gasteiger partial charge on any atom is 0.265 e. The Morgan fingerprint density at radius 2 is 2.15 bits per heavy atom. The smallest absolute Gasteiger partial charge is 0.265 e. The molecule has 0 aliphatic carbocycles. The van der Waals surface area contributed by atoms with E-state index in [9.17, 15) is 14.9 Å². The van der Waals surface area contributed by atoms with Gasteiger partial charge in [-0.3, -0.25) is 14.5 Å². The van der Waals surface area contributed by atoms with Crippen LogP contribution in [0.25, 0.3) is 0 Å². The zero-order chi connectivity index (χ0) is 18.7. The van der Waals surface area contributed by atoms with E-state index in [-0.39, 0.29) is 23.8 Å². The topological polar surface area (TPSA) is 86.3 Å². The summed E-state index contributed by atoms with van der Waals surface area (Å²) in [7, 11) is 0. The van der Waals surface area contributed by atoms with Gasteiger partial charge in [-0.05, 0) is 49.2 Å². The van der Waals surface area contributed by atoms with Crippen LogP contribution in [0.2, 0.25) is 0 Å². The molecule has 1 aliphatic heterocycles. The Balaban J connectivity index is 1.91. The van der Waals surface area contributed by atoms with E-state index in [1.807, 2.05) is 38.1 Å². The van der Waals surface area contributed by atoms with Crippen LogP contribution in [0, 0.1) is 25.2 Å². The first-order valence-electron chi connectivity index (χ1n) is 7.99. The molecule has 26 heavy (non-hydrogen) atoms. The Morgan fingerprint density at radius 3 is 2.81 bits per heavy atom. The number of carbonyl (C=O) groups is 2. The number of benzene rings is 1. The molecule has 0 unspecified atom stereocenters. The standard InChI is InChI=1S/C19H17N3O3S/c1-12-5-6-14(8-13(12)2)22-17(23)11-26-19(22)16(9-20)18(24)21-10-15-4-3-7-25-15/h3-8H,10-11H2,1-2H3,(H,21,24)/b19-16-. The minimum absolute atomic E-state index is 0.0781. The highest BCUT2D eigenvalue weighted by Gasteiger charge is 2.33. The second-order valence-electron chi connectivity index (χ2n) is 5.84. The summed E-state index contributed by atoms with van der Waals surface area (Å²) in [6.07, 6.45) is 1.51. The van der Waals surface area contributed by atoms with Crippen molar-refractivity contribution in [3.8, 4) is 6.07 Å². The number of hydrogen-bond donors (Lipinski definition) is 1. The molecule has 0 radical (unpaired) electrons. The van der Waals surface area contributed by atoms with Gasteiger partial charge in [0, 0.05) is 5.69 Å². The predicted octanol–water partition coefficient (Wildman–Crippen LogP) is 3.03. The number of nitrogens with zero attached hydrogens (tertiary/aromatic N) is 2. The number of nitrogens with one attached hydrogen (secondary N) is 1. The van der Waals surface area contributed by atoms with Crippen LogP contribution in [0.1, 0.15) is 16.9 Å². The van der Waals surface area contributed by atoms with Crippen molar-refractivity contribution in [1.82, 2.24) is 5.32 Å². The number of furan rings is 1. The maximum atomic E-state index is 12.5. The van der Waals surface area contributed by atoms with E-state index >= 15 is 0 Å². The van der Waals surface area contributed by atoms with Crippen LogP contribution >= 0.6 is 11.8 Å². The molecule has 1 N–H and O–H groups in total. The molecular formula is C19H17N3O3S. The highest BCUT2D eigenvalue weighted by molar-refractivity contribution is 8.04. The SMILES string of the molecule is Cc1ccc(N2C(=O)CS/C2=C(/C#N)C(=O)NCc2ccco2)cc1C. The molecule has 2 amide bonds. The van der Waals surface area contributed by atoms with E-state index in [1.165, 1.54) is 22.9 Å². The van der Waals surface area contributed by atoms with Crippen molar-refractivity contribution in [1.29, 1.82) is 5.26 Å². The van der Waals surface area contributed by atoms with Crippen LogP contribution in [-0.4, -0.2) is 17.6 Å². The number of rotatable bonds is 4. The number of anilines is 1. The fraction of sp³-hybridized carbons (Fsp3) is 0.211. The molecular weight excluding hydrogens is 350 g/mol. The number of thioether (sulfide) groups is 1. The van der Waals surface area contributed by atoms with E-state index in [1.54, 1.807) is 12.1 Å². The number of amides is 2. The number of aryl methyl sites for hydroxylation is 2. The molecule has 0 atom stereocenters. The molecule has 2 aromatic rings. The van der Waals surface area contributed by atoms with Crippen LogP contribution in [0.15, 0.2) is 51.6 Å². The van der Waals surface area contributed by atoms with Crippen LogP contribution in [0.4, 0.5) is 5.69 Å². The molecule has 0 spiro atoms. The molecule has 2 heterocycles. The number of carbonyl (C=O) groups excluding carboxylic acids is 2. The van der Waals surface area contributed by atoms with Crippen molar-refractivity contribution in [3.63, 3.8) is 0 Å². The average molecular weight is 367 g/mol. The van der Waals surface area contributed by atoms with E-state index < -0.39 is 5.91 Å². The van der Waals surface area contributed by atoms with E-state index in [0.717, 1.165) is 11.1 Å². The highest BCUT2D eigenvalue weighted by atomic mass is 32.2. The van der Waals surface area contributed by atoms with Crippen LogP contribution in [0.3, 0.4) is 0 Å². The van der Waals surface area contributed by atoms with Crippen molar-refractivity contribution in [2.24, 2.45) is 0 Å². The zero-order valence-corrected chi connectivity index (χ0v) is 15.2. The van der Waals surface area contributed by atoms with Crippen molar-refractivity contribution in [3.05, 3.63) is 64.1 Å². The van der Waals surface area contributed by atoms with Gasteiger partial charge in [0.2, 0.25) is 5.91 Å². The van der Waals surface area contributed by atoms with Gasteiger partial charge in [-0.1, -0.05) is 17.8 Å². The molecule has 6 nitrogen and oxygen atoms in total. The maximum absolute atomic E-state index is 12.5. The molecule has 1 fully saturated rings. The van der Waals surface area contributed by atoms with Gasteiger partial charge in [0.1, 0.15) is 22.4 Å². The third-order valence-electron chi connectivity index (χ3n) is 4.09. The fourth-order valence-corrected chi connectivity index (χ4v) is 3.56. The van der Waals surface area contributed by atoms with Gasteiger partial charge in [-0.15, -0.1) is 0 Å². The minimum Gasteiger partial charge on any atom is -0.467 e. The van der Waals surface area contributed by atoms with Crippen LogP contribution < -0.4 is 10.2 Å². The number of hydrogen-bond acceptors (Lipinski definition) is 5. The zero-order valence-electron chi connectivity index (χ0n) is 14.4. The monoisotopic (exact) mass is 367 g/mol. The Hall–Kier alpha value is -2.98. The third-order valence-corrected chi connectivity index (χ3v) is 5.14. The first kappa shape index (κ1) is 17.8. The molecule has 1 aliphatic rings. The summed E-state index contributed by atoms with van der Waals surface area (Å²) in [6, 6.07) is 11.0. The Morgan fingerprint density at radius 1 is 1.35 bits per heavy atom. The van der Waals surface area contributed by atoms with Crippen molar-refractivity contribution >= 4 is 29.3 Å². The summed E-state index contributed by atoms with van der Waals surface area (Å²) in [6.45, 7) is 4.11. The number of nitriles is 1. The van der Waals surface area contributed by atoms with Gasteiger partial charge in [0.25, 0.3) is 5.91 Å². The first-order valence-corrected chi connectivity index (χ1v) is 8.97. The summed E-state index contributed by atoms with van der Waals surface area (Å²) in [5.41, 5.74) is 2.72. The largest absolute Gasteiger partial charge is 0.467 e. The Bertz CT molecular complexity index is 926. The fourth-order valence-electron chi connectivity index (χ4n) is 2.55. The molecule has 7 heteroatoms. The summed E-state index contributed by atoms with van der Waals surface area (Å²) >= 11 is 1.20. The Kier molecular flexibility index (Phi) is 5.14. The van der Waals surface area contributed by atoms with E-state index in [2.05, 4.69) is 5.32 Å². The lowest BCUT2D eigenvalue weighted by atomic mass is 10.1. The predicted molar refractivity (Wildman–Crippen MR) is 99.1 cm³/mol. The Labute approximate surface area is 155 Å². The molecule has 1 saturated heterocycles. The van der Waals surface area contributed by atoms with Gasteiger partial charge in [-0.2, -0.15) is 5.26 Å². The lowest BCUT2D eigenvalue weighted by Gasteiger charge is -2.19. The first-order chi connectivity index (χ1) is 12.5. The minimum atomic E-state index is -0.532. The third kappa shape index (κ3) is 3.51. The molecule has 0 bridgehead atoms. The van der Waals surface area contributed by atoms with Gasteiger partial charge < -0.3 is 9.73 Å². The van der Waals surface area contributed by atoms with Gasteiger partial charge >= 0.3 is 0 Å². The van der Waals surface area contributed by atoms with Gasteiger partial charge in [0.15, 0.2) is 0 Å². The lowest BCUT2D eigenvalue weighted by molar-refractivity contribution is -0.117. The molecule has 1 aromatic carbocycles. The quantitative estimate of drug-likeness (QED) is 0.663. The summed E-state index contributed by atoms with van der Waals surface area (Å²) in [4.78, 5) is 26.3. The average Bonchev–Trinajstić information content (AvgIpc) is 3.26.